The van der Waals surface area contributed by atoms with E-state index in [1.807, 2.05) is 6.07 Å². The number of aryl methyl sites for hydroxylation is 1. The number of carbonyl (C=O) groups excluding carboxylic acids is 1. The van der Waals surface area contributed by atoms with Gasteiger partial charge >= 0.3 is 0 Å². The molecule has 0 aliphatic rings. The molecule has 0 bridgehead atoms. The average Bonchev–Trinajstić information content (AvgIpc) is 2.38. The van der Waals surface area contributed by atoms with Crippen LogP contribution in [0.5, 0.6) is 0 Å². The second kappa shape index (κ2) is 5.83. The van der Waals surface area contributed by atoms with E-state index in [0.717, 1.165) is 4.47 Å². The van der Waals surface area contributed by atoms with Gasteiger partial charge in [0.1, 0.15) is 0 Å². The Morgan fingerprint density at radius 1 is 1.25 bits per heavy atom. The number of carbonyl (C=O) groups is 1. The van der Waals surface area contributed by atoms with Gasteiger partial charge < -0.3 is 5.32 Å². The number of halogens is 1. The Balaban J connectivity index is 2.26. The summed E-state index contributed by atoms with van der Waals surface area (Å²) >= 11 is 3.31. The molecule has 6 heteroatoms. The largest absolute Gasteiger partial charge is 0.322 e. The normalized spacial score (nSPS) is 10.1. The second-order valence-electron chi connectivity index (χ2n) is 4.22. The maximum absolute atomic E-state index is 12.1. The molecule has 0 heterocycles. The average molecular weight is 335 g/mol. The van der Waals surface area contributed by atoms with Crippen LogP contribution in [0.4, 0.5) is 11.4 Å². The maximum Gasteiger partial charge on any atom is 0.273 e. The minimum atomic E-state index is -0.495. The predicted molar refractivity (Wildman–Crippen MR) is 79.9 cm³/mol. The highest BCUT2D eigenvalue weighted by Crippen LogP contribution is 2.21. The van der Waals surface area contributed by atoms with Crippen molar-refractivity contribution in [2.24, 2.45) is 0 Å². The number of nitro benzene ring substituents is 1. The summed E-state index contributed by atoms with van der Waals surface area (Å²) in [5.41, 5.74) is 1.33. The first-order chi connectivity index (χ1) is 9.47. The van der Waals surface area contributed by atoms with Gasteiger partial charge in [-0.2, -0.15) is 0 Å². The van der Waals surface area contributed by atoms with E-state index in [2.05, 4.69) is 21.2 Å². The van der Waals surface area contributed by atoms with Crippen molar-refractivity contribution in [3.8, 4) is 0 Å². The zero-order chi connectivity index (χ0) is 14.7. The first kappa shape index (κ1) is 14.2. The summed E-state index contributed by atoms with van der Waals surface area (Å²) in [7, 11) is 0. The molecule has 2 aromatic carbocycles. The van der Waals surface area contributed by atoms with E-state index >= 15 is 0 Å². The maximum atomic E-state index is 12.1. The highest BCUT2D eigenvalue weighted by atomic mass is 79.9. The fourth-order valence-corrected chi connectivity index (χ4v) is 2.12. The van der Waals surface area contributed by atoms with Gasteiger partial charge in [-0.25, -0.2) is 0 Å². The number of nitrogens with zero attached hydrogens (tertiary/aromatic N) is 1. The molecule has 0 saturated carbocycles. The second-order valence-corrected chi connectivity index (χ2v) is 5.14. The minimum Gasteiger partial charge on any atom is -0.322 e. The Morgan fingerprint density at radius 3 is 2.65 bits per heavy atom. The van der Waals surface area contributed by atoms with Crippen LogP contribution in [-0.4, -0.2) is 10.8 Å². The molecule has 0 fully saturated rings. The van der Waals surface area contributed by atoms with Gasteiger partial charge in [-0.1, -0.05) is 28.1 Å². The fourth-order valence-electron chi connectivity index (χ4n) is 1.72. The van der Waals surface area contributed by atoms with Gasteiger partial charge in [-0.15, -0.1) is 0 Å². The van der Waals surface area contributed by atoms with Crippen molar-refractivity contribution in [3.63, 3.8) is 0 Å². The smallest absolute Gasteiger partial charge is 0.273 e. The molecule has 0 atom stereocenters. The van der Waals surface area contributed by atoms with E-state index in [4.69, 9.17) is 0 Å². The molecule has 0 saturated heterocycles. The summed E-state index contributed by atoms with van der Waals surface area (Å²) in [5.74, 6) is -0.383. The molecule has 0 spiro atoms. The lowest BCUT2D eigenvalue weighted by Gasteiger charge is -2.06. The Hall–Kier alpha value is -2.21. The molecule has 0 aliphatic carbocycles. The van der Waals surface area contributed by atoms with E-state index in [0.29, 0.717) is 11.3 Å². The highest BCUT2D eigenvalue weighted by Gasteiger charge is 2.15. The monoisotopic (exact) mass is 334 g/mol. The standard InChI is InChI=1S/C14H11BrN2O3/c1-9-5-6-10(7-13(9)17(19)20)14(18)16-12-4-2-3-11(15)8-12/h2-8H,1H3,(H,16,18). The van der Waals surface area contributed by atoms with Crippen molar-refractivity contribution in [2.75, 3.05) is 5.32 Å². The molecule has 1 N–H and O–H groups in total. The van der Waals surface area contributed by atoms with E-state index in [-0.39, 0.29) is 17.2 Å². The summed E-state index contributed by atoms with van der Waals surface area (Å²) < 4.78 is 0.838. The SMILES string of the molecule is Cc1ccc(C(=O)Nc2cccc(Br)c2)cc1[N+](=O)[O-]. The Kier molecular flexibility index (Phi) is 4.14. The van der Waals surface area contributed by atoms with Crippen molar-refractivity contribution in [1.82, 2.24) is 0 Å². The number of hydrogen-bond acceptors (Lipinski definition) is 3. The molecule has 2 rings (SSSR count). The third-order valence-corrected chi connectivity index (χ3v) is 3.24. The topological polar surface area (TPSA) is 72.2 Å². The number of amides is 1. The van der Waals surface area contributed by atoms with Crippen LogP contribution in [-0.2, 0) is 0 Å². The third-order valence-electron chi connectivity index (χ3n) is 2.75. The highest BCUT2D eigenvalue weighted by molar-refractivity contribution is 9.10. The van der Waals surface area contributed by atoms with Gasteiger partial charge in [0.15, 0.2) is 0 Å². The van der Waals surface area contributed by atoms with Gasteiger partial charge in [0, 0.05) is 27.4 Å². The van der Waals surface area contributed by atoms with Crippen LogP contribution in [0.3, 0.4) is 0 Å². The van der Waals surface area contributed by atoms with E-state index in [9.17, 15) is 14.9 Å². The van der Waals surface area contributed by atoms with E-state index < -0.39 is 4.92 Å². The quantitative estimate of drug-likeness (QED) is 0.683. The molecular weight excluding hydrogens is 324 g/mol. The van der Waals surface area contributed by atoms with E-state index in [1.165, 1.54) is 6.07 Å². The molecule has 102 valence electrons. The molecule has 0 radical (unpaired) electrons. The van der Waals surface area contributed by atoms with Gasteiger partial charge in [-0.3, -0.25) is 14.9 Å². The van der Waals surface area contributed by atoms with Crippen LogP contribution in [0.15, 0.2) is 46.9 Å². The van der Waals surface area contributed by atoms with Crippen molar-refractivity contribution >= 4 is 33.2 Å². The number of benzene rings is 2. The molecule has 5 nitrogen and oxygen atoms in total. The lowest BCUT2D eigenvalue weighted by Crippen LogP contribution is -2.12. The minimum absolute atomic E-state index is 0.0631. The molecule has 0 aliphatic heterocycles. The third kappa shape index (κ3) is 3.21. The summed E-state index contributed by atoms with van der Waals surface area (Å²) in [6.45, 7) is 1.63. The van der Waals surface area contributed by atoms with Gasteiger partial charge in [0.25, 0.3) is 11.6 Å². The number of hydrogen-bond donors (Lipinski definition) is 1. The molecule has 1 amide bonds. The van der Waals surface area contributed by atoms with Crippen LogP contribution in [0, 0.1) is 17.0 Å². The van der Waals surface area contributed by atoms with Crippen molar-refractivity contribution < 1.29 is 9.72 Å². The molecule has 0 aromatic heterocycles. The van der Waals surface area contributed by atoms with Crippen molar-refractivity contribution in [2.45, 2.75) is 6.92 Å². The van der Waals surface area contributed by atoms with Crippen LogP contribution >= 0.6 is 15.9 Å². The van der Waals surface area contributed by atoms with Crippen molar-refractivity contribution in [1.29, 1.82) is 0 Å². The van der Waals surface area contributed by atoms with Gasteiger partial charge in [-0.05, 0) is 31.2 Å². The van der Waals surface area contributed by atoms with Crippen molar-refractivity contribution in [3.05, 3.63) is 68.2 Å². The predicted octanol–water partition coefficient (Wildman–Crippen LogP) is 3.92. The van der Waals surface area contributed by atoms with Crippen LogP contribution < -0.4 is 5.32 Å². The Morgan fingerprint density at radius 2 is 2.00 bits per heavy atom. The number of rotatable bonds is 3. The zero-order valence-electron chi connectivity index (χ0n) is 10.6. The summed E-state index contributed by atoms with van der Waals surface area (Å²) in [4.78, 5) is 22.4. The first-order valence-electron chi connectivity index (χ1n) is 5.79. The molecule has 20 heavy (non-hydrogen) atoms. The van der Waals surface area contributed by atoms with Crippen LogP contribution in [0.2, 0.25) is 0 Å². The van der Waals surface area contributed by atoms with Crippen LogP contribution in [0.1, 0.15) is 15.9 Å². The number of nitrogens with one attached hydrogen (secondary N) is 1. The van der Waals surface area contributed by atoms with Gasteiger partial charge in [0.05, 0.1) is 4.92 Å². The van der Waals surface area contributed by atoms with Crippen LogP contribution in [0.25, 0.3) is 0 Å². The molecule has 0 unspecified atom stereocenters. The Labute approximate surface area is 123 Å². The molecular formula is C14H11BrN2O3. The number of nitro groups is 1. The summed E-state index contributed by atoms with van der Waals surface area (Å²) in [6, 6.07) is 11.5. The Bertz CT molecular complexity index is 686. The molecule has 2 aromatic rings. The lowest BCUT2D eigenvalue weighted by molar-refractivity contribution is -0.385. The zero-order valence-corrected chi connectivity index (χ0v) is 12.2. The summed E-state index contributed by atoms with van der Waals surface area (Å²) in [5, 5.41) is 13.6. The fraction of sp³-hybridized carbons (Fsp3) is 0.0714. The lowest BCUT2D eigenvalue weighted by atomic mass is 10.1. The number of anilines is 1. The van der Waals surface area contributed by atoms with Gasteiger partial charge in [0.2, 0.25) is 0 Å². The summed E-state index contributed by atoms with van der Waals surface area (Å²) in [6.07, 6.45) is 0. The van der Waals surface area contributed by atoms with E-state index in [1.54, 1.807) is 37.3 Å². The first-order valence-corrected chi connectivity index (χ1v) is 6.58.